The Kier molecular flexibility index (Phi) is 4.89. The van der Waals surface area contributed by atoms with Crippen LogP contribution in [-0.2, 0) is 9.47 Å². The Bertz CT molecular complexity index is 379. The van der Waals surface area contributed by atoms with Crippen molar-refractivity contribution in [2.45, 2.75) is 51.9 Å². The summed E-state index contributed by atoms with van der Waals surface area (Å²) < 4.78 is 12.0. The Morgan fingerprint density at radius 2 is 1.75 bits per heavy atom. The van der Waals surface area contributed by atoms with E-state index in [0.717, 1.165) is 29.6 Å². The van der Waals surface area contributed by atoms with E-state index in [1.165, 1.54) is 19.3 Å². The molecule has 114 valence electrons. The monoisotopic (exact) mass is 282 g/mol. The molecule has 3 rings (SSSR count). The minimum Gasteiger partial charge on any atom is -0.465 e. The second-order valence-electron chi connectivity index (χ2n) is 6.36. The van der Waals surface area contributed by atoms with Gasteiger partial charge in [-0.2, -0.15) is 0 Å². The Morgan fingerprint density at radius 3 is 2.45 bits per heavy atom. The van der Waals surface area contributed by atoms with Gasteiger partial charge in [-0.3, -0.25) is 10.5 Å². The maximum atomic E-state index is 6.09. The zero-order chi connectivity index (χ0) is 14.9. The van der Waals surface area contributed by atoms with Gasteiger partial charge in [-0.05, 0) is 55.9 Å². The molecule has 4 unspecified atom stereocenters. The van der Waals surface area contributed by atoms with E-state index in [9.17, 15) is 0 Å². The number of hydrogen-bond donors (Lipinski definition) is 2. The molecule has 3 fully saturated rings. The third kappa shape index (κ3) is 2.65. The van der Waals surface area contributed by atoms with Gasteiger partial charge < -0.3 is 9.47 Å². The van der Waals surface area contributed by atoms with Crippen LogP contribution in [-0.4, -0.2) is 22.9 Å². The zero-order valence-corrected chi connectivity index (χ0v) is 12.4. The summed E-state index contributed by atoms with van der Waals surface area (Å²) in [5.41, 5.74) is 1.12. The lowest BCUT2D eigenvalue weighted by Crippen LogP contribution is -2.46. The fourth-order valence-corrected chi connectivity index (χ4v) is 4.15. The van der Waals surface area contributed by atoms with Crippen molar-refractivity contribution in [2.75, 3.05) is 0 Å². The van der Waals surface area contributed by atoms with Crippen molar-refractivity contribution in [3.8, 4) is 0 Å². The quantitative estimate of drug-likeness (QED) is 0.522. The Labute approximate surface area is 121 Å². The van der Waals surface area contributed by atoms with E-state index in [4.69, 9.17) is 20.0 Å². The van der Waals surface area contributed by atoms with E-state index in [1.807, 2.05) is 0 Å². The van der Waals surface area contributed by atoms with Crippen LogP contribution in [0.4, 0.5) is 0 Å². The summed E-state index contributed by atoms with van der Waals surface area (Å²) in [6.45, 7) is 12.8. The minimum absolute atomic E-state index is 0.0850. The maximum absolute atomic E-state index is 6.09. The predicted molar refractivity (Wildman–Crippen MR) is 77.1 cm³/mol. The fourth-order valence-electron chi connectivity index (χ4n) is 4.15. The van der Waals surface area contributed by atoms with Crippen LogP contribution in [0.3, 0.4) is 0 Å². The molecule has 0 aromatic carbocycles. The largest absolute Gasteiger partial charge is 0.465 e. The second kappa shape index (κ2) is 6.29. The van der Waals surface area contributed by atoms with Gasteiger partial charge in [0.25, 0.3) is 0 Å². The van der Waals surface area contributed by atoms with Crippen LogP contribution in [0.25, 0.3) is 0 Å². The molecule has 20 heavy (non-hydrogen) atoms. The van der Waals surface area contributed by atoms with Crippen LogP contribution in [0.2, 0.25) is 0 Å². The first kappa shape index (κ1) is 15.5. The fraction of sp³-hybridized carbons (Fsp3) is 0.750. The Morgan fingerprint density at radius 1 is 1.05 bits per heavy atom. The number of allylic oxidation sites excluding steroid dienone is 1. The molecule has 4 nitrogen and oxygen atoms in total. The van der Waals surface area contributed by atoms with E-state index >= 15 is 0 Å². The highest BCUT2D eigenvalue weighted by Crippen LogP contribution is 2.52. The summed E-state index contributed by atoms with van der Waals surface area (Å²) in [6, 6.07) is 0. The molecular formula is C16H26O4. The molecule has 0 spiro atoms. The molecule has 6 atom stereocenters. The molecule has 0 radical (unpaired) electrons. The highest BCUT2D eigenvalue weighted by Gasteiger charge is 2.49. The average molecular weight is 282 g/mol. The van der Waals surface area contributed by atoms with Crippen molar-refractivity contribution in [1.29, 1.82) is 0 Å². The van der Waals surface area contributed by atoms with E-state index in [2.05, 4.69) is 27.0 Å². The van der Waals surface area contributed by atoms with E-state index in [0.29, 0.717) is 17.9 Å². The van der Waals surface area contributed by atoms with Gasteiger partial charge in [0.05, 0.1) is 6.10 Å². The second-order valence-corrected chi connectivity index (χ2v) is 6.36. The highest BCUT2D eigenvalue weighted by atomic mass is 17.0. The molecule has 0 bridgehead atoms. The molecular weight excluding hydrogens is 256 g/mol. The molecule has 0 aromatic heterocycles. The molecule has 4 heteroatoms. The first-order valence-corrected chi connectivity index (χ1v) is 7.48. The van der Waals surface area contributed by atoms with Gasteiger partial charge in [0.1, 0.15) is 5.76 Å². The number of ether oxygens (including phenoxy) is 2. The molecule has 1 saturated carbocycles. The van der Waals surface area contributed by atoms with Crippen molar-refractivity contribution in [1.82, 2.24) is 0 Å². The summed E-state index contributed by atoms with van der Waals surface area (Å²) in [4.78, 5) is 0. The van der Waals surface area contributed by atoms with Crippen molar-refractivity contribution in [2.24, 2.45) is 23.7 Å². The Balaban J connectivity index is 0.000000704. The third-order valence-electron chi connectivity index (χ3n) is 5.27. The van der Waals surface area contributed by atoms with Gasteiger partial charge in [-0.1, -0.05) is 20.1 Å². The van der Waals surface area contributed by atoms with Crippen LogP contribution in [0.5, 0.6) is 0 Å². The van der Waals surface area contributed by atoms with Crippen LogP contribution in [0.1, 0.15) is 39.5 Å². The minimum atomic E-state index is -0.0850. The molecule has 2 saturated heterocycles. The summed E-state index contributed by atoms with van der Waals surface area (Å²) in [5.74, 6) is 3.29. The lowest BCUT2D eigenvalue weighted by atomic mass is 9.62. The average Bonchev–Trinajstić information content (AvgIpc) is 2.60. The standard InChI is InChI=1S/C16H24O2.H2O2/c1-9-5-7-14-11(3)12(4)18-16-15(14)13(9)8-6-10(2)17-16;1-2/h9-10,13-16H,3-8H2,1-2H3;1-2H/t9?,10-,13?,14?,15?,16-;/m0./s1. The summed E-state index contributed by atoms with van der Waals surface area (Å²) in [6.07, 6.45) is 5.16. The highest BCUT2D eigenvalue weighted by molar-refractivity contribution is 5.27. The van der Waals surface area contributed by atoms with Crippen molar-refractivity contribution in [3.63, 3.8) is 0 Å². The van der Waals surface area contributed by atoms with E-state index < -0.39 is 0 Å². The predicted octanol–water partition coefficient (Wildman–Crippen LogP) is 3.91. The number of hydrogen-bond acceptors (Lipinski definition) is 4. The summed E-state index contributed by atoms with van der Waals surface area (Å²) in [5, 5.41) is 12.0. The molecule has 2 heterocycles. The van der Waals surface area contributed by atoms with Crippen LogP contribution in [0.15, 0.2) is 24.5 Å². The van der Waals surface area contributed by atoms with E-state index in [1.54, 1.807) is 0 Å². The normalized spacial score (nSPS) is 43.6. The zero-order valence-electron chi connectivity index (χ0n) is 12.4. The van der Waals surface area contributed by atoms with Crippen molar-refractivity contribution >= 4 is 0 Å². The van der Waals surface area contributed by atoms with Gasteiger partial charge in [-0.25, -0.2) is 0 Å². The topological polar surface area (TPSA) is 58.9 Å². The summed E-state index contributed by atoms with van der Waals surface area (Å²) in [7, 11) is 0. The van der Waals surface area contributed by atoms with Crippen LogP contribution < -0.4 is 0 Å². The van der Waals surface area contributed by atoms with Crippen LogP contribution in [0, 0.1) is 23.7 Å². The Hall–Kier alpha value is -0.840. The SMILES string of the molecule is C=C1O[C@@H]2O[C@@H](C)CCC3C(C)CCC(C1=C)C32.OO. The van der Waals surface area contributed by atoms with E-state index in [-0.39, 0.29) is 6.29 Å². The first-order valence-electron chi connectivity index (χ1n) is 7.48. The van der Waals surface area contributed by atoms with Gasteiger partial charge >= 0.3 is 0 Å². The van der Waals surface area contributed by atoms with Gasteiger partial charge in [0.2, 0.25) is 6.29 Å². The van der Waals surface area contributed by atoms with Gasteiger partial charge in [-0.15, -0.1) is 0 Å². The number of rotatable bonds is 0. The van der Waals surface area contributed by atoms with Crippen molar-refractivity contribution in [3.05, 3.63) is 24.5 Å². The lowest BCUT2D eigenvalue weighted by molar-refractivity contribution is -0.200. The molecule has 3 aliphatic rings. The summed E-state index contributed by atoms with van der Waals surface area (Å²) >= 11 is 0. The lowest BCUT2D eigenvalue weighted by Gasteiger charge is -2.48. The van der Waals surface area contributed by atoms with Crippen molar-refractivity contribution < 1.29 is 20.0 Å². The maximum Gasteiger partial charge on any atom is 0.203 e. The van der Waals surface area contributed by atoms with Gasteiger partial charge in [0, 0.05) is 5.92 Å². The third-order valence-corrected chi connectivity index (χ3v) is 5.27. The molecule has 1 aliphatic carbocycles. The smallest absolute Gasteiger partial charge is 0.203 e. The molecule has 0 amide bonds. The molecule has 0 aromatic rings. The first-order chi connectivity index (χ1) is 9.58. The van der Waals surface area contributed by atoms with Crippen LogP contribution >= 0.6 is 0 Å². The molecule has 2 aliphatic heterocycles. The van der Waals surface area contributed by atoms with Gasteiger partial charge in [0.15, 0.2) is 0 Å². The molecule has 2 N–H and O–H groups in total.